The van der Waals surface area contributed by atoms with Crippen LogP contribution in [0.2, 0.25) is 0 Å². The molecule has 0 aromatic carbocycles. The van der Waals surface area contributed by atoms with E-state index >= 15 is 0 Å². The normalized spacial score (nSPS) is 24.2. The summed E-state index contributed by atoms with van der Waals surface area (Å²) in [5.74, 6) is 0.760. The molecule has 0 spiro atoms. The number of carbonyl (C=O) groups is 1. The van der Waals surface area contributed by atoms with Crippen molar-refractivity contribution in [2.45, 2.75) is 64.1 Å². The molecule has 2 rings (SSSR count). The largest absolute Gasteiger partial charge is 0.353 e. The predicted molar refractivity (Wildman–Crippen MR) is 73.2 cm³/mol. The maximum atomic E-state index is 11.9. The van der Waals surface area contributed by atoms with Crippen LogP contribution in [0.4, 0.5) is 0 Å². The number of likely N-dealkylation sites (tertiary alicyclic amines) is 1. The second kappa shape index (κ2) is 6.02. The Balaban J connectivity index is 1.65. The highest BCUT2D eigenvalue weighted by molar-refractivity contribution is 5.77. The number of nitrogens with one attached hydrogen (secondary N) is 1. The number of hydrogen-bond acceptors (Lipinski definition) is 3. The average Bonchev–Trinajstić information content (AvgIpc) is 3.13. The SMILES string of the molecule is CC(C)N1CCC(NC(=O)CC(N)C2CC2)CC1. The molecule has 2 fully saturated rings. The van der Waals surface area contributed by atoms with E-state index in [1.54, 1.807) is 0 Å². The first-order chi connectivity index (χ1) is 8.56. The molecule has 104 valence electrons. The van der Waals surface area contributed by atoms with Gasteiger partial charge in [0, 0.05) is 37.6 Å². The lowest BCUT2D eigenvalue weighted by molar-refractivity contribution is -0.122. The van der Waals surface area contributed by atoms with E-state index in [9.17, 15) is 4.79 Å². The van der Waals surface area contributed by atoms with Gasteiger partial charge in [-0.15, -0.1) is 0 Å². The molecule has 1 atom stereocenters. The van der Waals surface area contributed by atoms with Gasteiger partial charge < -0.3 is 16.0 Å². The molecule has 1 unspecified atom stereocenters. The zero-order valence-corrected chi connectivity index (χ0v) is 11.7. The minimum atomic E-state index is 0.0840. The lowest BCUT2D eigenvalue weighted by atomic mass is 10.0. The molecule has 18 heavy (non-hydrogen) atoms. The highest BCUT2D eigenvalue weighted by Crippen LogP contribution is 2.32. The Kier molecular flexibility index (Phi) is 4.62. The van der Waals surface area contributed by atoms with Crippen molar-refractivity contribution in [2.75, 3.05) is 13.1 Å². The first-order valence-electron chi connectivity index (χ1n) is 7.35. The number of carbonyl (C=O) groups excluding carboxylic acids is 1. The second-order valence-electron chi connectivity index (χ2n) is 6.18. The fourth-order valence-electron chi connectivity index (χ4n) is 2.75. The van der Waals surface area contributed by atoms with Gasteiger partial charge >= 0.3 is 0 Å². The van der Waals surface area contributed by atoms with Crippen LogP contribution in [0.25, 0.3) is 0 Å². The van der Waals surface area contributed by atoms with Gasteiger partial charge in [-0.25, -0.2) is 0 Å². The first kappa shape index (κ1) is 13.8. The molecule has 2 aliphatic rings. The van der Waals surface area contributed by atoms with Gasteiger partial charge in [-0.1, -0.05) is 0 Å². The molecule has 1 saturated carbocycles. The summed E-state index contributed by atoms with van der Waals surface area (Å²) in [6.45, 7) is 6.65. The van der Waals surface area contributed by atoms with Gasteiger partial charge in [-0.2, -0.15) is 0 Å². The molecule has 1 saturated heterocycles. The Bertz CT molecular complexity index is 281. The lowest BCUT2D eigenvalue weighted by Gasteiger charge is -2.35. The summed E-state index contributed by atoms with van der Waals surface area (Å²) in [5.41, 5.74) is 5.98. The van der Waals surface area contributed by atoms with E-state index in [0.29, 0.717) is 24.4 Å². The van der Waals surface area contributed by atoms with Crippen molar-refractivity contribution in [3.63, 3.8) is 0 Å². The van der Waals surface area contributed by atoms with Crippen LogP contribution in [0.15, 0.2) is 0 Å². The van der Waals surface area contributed by atoms with Gasteiger partial charge in [0.1, 0.15) is 0 Å². The maximum Gasteiger partial charge on any atom is 0.221 e. The van der Waals surface area contributed by atoms with E-state index in [-0.39, 0.29) is 11.9 Å². The molecule has 0 radical (unpaired) electrons. The predicted octanol–water partition coefficient (Wildman–Crippen LogP) is 1.10. The van der Waals surface area contributed by atoms with Crippen LogP contribution in [0.5, 0.6) is 0 Å². The topological polar surface area (TPSA) is 58.4 Å². The van der Waals surface area contributed by atoms with E-state index in [1.165, 1.54) is 12.8 Å². The Morgan fingerprint density at radius 3 is 2.39 bits per heavy atom. The van der Waals surface area contributed by atoms with Crippen molar-refractivity contribution in [3.8, 4) is 0 Å². The summed E-state index contributed by atoms with van der Waals surface area (Å²) < 4.78 is 0. The minimum absolute atomic E-state index is 0.0840. The number of amides is 1. The van der Waals surface area contributed by atoms with Crippen molar-refractivity contribution in [3.05, 3.63) is 0 Å². The van der Waals surface area contributed by atoms with Crippen LogP contribution in [0.1, 0.15) is 46.0 Å². The Morgan fingerprint density at radius 1 is 1.28 bits per heavy atom. The summed E-state index contributed by atoms with van der Waals surface area (Å²) >= 11 is 0. The molecule has 0 bridgehead atoms. The molecule has 3 N–H and O–H groups in total. The fourth-order valence-corrected chi connectivity index (χ4v) is 2.75. The molecule has 4 heteroatoms. The molecule has 1 amide bonds. The van der Waals surface area contributed by atoms with E-state index in [2.05, 4.69) is 24.1 Å². The van der Waals surface area contributed by atoms with Crippen molar-refractivity contribution in [1.29, 1.82) is 0 Å². The van der Waals surface area contributed by atoms with Gasteiger partial charge in [0.2, 0.25) is 5.91 Å². The highest BCUT2D eigenvalue weighted by Gasteiger charge is 2.30. The smallest absolute Gasteiger partial charge is 0.221 e. The van der Waals surface area contributed by atoms with Crippen LogP contribution in [0.3, 0.4) is 0 Å². The molecule has 1 aliphatic heterocycles. The van der Waals surface area contributed by atoms with Gasteiger partial charge in [0.25, 0.3) is 0 Å². The van der Waals surface area contributed by atoms with Crippen LogP contribution >= 0.6 is 0 Å². The molecule has 1 heterocycles. The Hall–Kier alpha value is -0.610. The van der Waals surface area contributed by atoms with Crippen molar-refractivity contribution in [1.82, 2.24) is 10.2 Å². The van der Waals surface area contributed by atoms with E-state index in [4.69, 9.17) is 5.73 Å². The number of nitrogens with two attached hydrogens (primary N) is 1. The molecular formula is C14H27N3O. The molecule has 4 nitrogen and oxygen atoms in total. The number of rotatable bonds is 5. The Labute approximate surface area is 110 Å². The van der Waals surface area contributed by atoms with Crippen LogP contribution < -0.4 is 11.1 Å². The van der Waals surface area contributed by atoms with E-state index in [0.717, 1.165) is 25.9 Å². The van der Waals surface area contributed by atoms with Crippen LogP contribution in [-0.4, -0.2) is 42.0 Å². The van der Waals surface area contributed by atoms with Crippen molar-refractivity contribution >= 4 is 5.91 Å². The van der Waals surface area contributed by atoms with Crippen molar-refractivity contribution in [2.24, 2.45) is 11.7 Å². The third-order valence-corrected chi connectivity index (χ3v) is 4.27. The third kappa shape index (κ3) is 3.95. The summed E-state index contributed by atoms with van der Waals surface area (Å²) in [5, 5.41) is 3.15. The van der Waals surface area contributed by atoms with Gasteiger partial charge in [-0.05, 0) is 45.4 Å². The summed E-state index contributed by atoms with van der Waals surface area (Å²) in [4.78, 5) is 14.3. The molecule has 0 aromatic heterocycles. The van der Waals surface area contributed by atoms with Gasteiger partial charge in [0.05, 0.1) is 0 Å². The zero-order chi connectivity index (χ0) is 13.1. The summed E-state index contributed by atoms with van der Waals surface area (Å²) in [6.07, 6.45) is 5.07. The minimum Gasteiger partial charge on any atom is -0.353 e. The summed E-state index contributed by atoms with van der Waals surface area (Å²) in [6, 6.07) is 1.06. The van der Waals surface area contributed by atoms with Gasteiger partial charge in [-0.3, -0.25) is 4.79 Å². The highest BCUT2D eigenvalue weighted by atomic mass is 16.1. The summed E-state index contributed by atoms with van der Waals surface area (Å²) in [7, 11) is 0. The maximum absolute atomic E-state index is 11.9. The zero-order valence-electron chi connectivity index (χ0n) is 11.7. The standard InChI is InChI=1S/C14H27N3O/c1-10(2)17-7-5-12(6-8-17)16-14(18)9-13(15)11-3-4-11/h10-13H,3-9,15H2,1-2H3,(H,16,18). The van der Waals surface area contributed by atoms with Crippen LogP contribution in [0, 0.1) is 5.92 Å². The van der Waals surface area contributed by atoms with E-state index in [1.807, 2.05) is 0 Å². The Morgan fingerprint density at radius 2 is 1.89 bits per heavy atom. The molecule has 0 aromatic rings. The molecular weight excluding hydrogens is 226 g/mol. The van der Waals surface area contributed by atoms with Crippen molar-refractivity contribution < 1.29 is 4.79 Å². The number of piperidine rings is 1. The number of hydrogen-bond donors (Lipinski definition) is 2. The lowest BCUT2D eigenvalue weighted by Crippen LogP contribution is -2.47. The number of nitrogens with zero attached hydrogens (tertiary/aromatic N) is 1. The van der Waals surface area contributed by atoms with Crippen LogP contribution in [-0.2, 0) is 4.79 Å². The quantitative estimate of drug-likeness (QED) is 0.771. The fraction of sp³-hybridized carbons (Fsp3) is 0.929. The third-order valence-electron chi connectivity index (χ3n) is 4.27. The molecule has 1 aliphatic carbocycles. The second-order valence-corrected chi connectivity index (χ2v) is 6.18. The van der Waals surface area contributed by atoms with E-state index < -0.39 is 0 Å². The van der Waals surface area contributed by atoms with Gasteiger partial charge in [0.15, 0.2) is 0 Å². The average molecular weight is 253 g/mol. The first-order valence-corrected chi connectivity index (χ1v) is 7.35. The monoisotopic (exact) mass is 253 g/mol.